The smallest absolute Gasteiger partial charge is 0.105 e. The van der Waals surface area contributed by atoms with Crippen LogP contribution in [0.15, 0.2) is 41.6 Å². The first-order valence-electron chi connectivity index (χ1n) is 4.92. The van der Waals surface area contributed by atoms with Crippen molar-refractivity contribution >= 4 is 16.6 Å². The van der Waals surface area contributed by atoms with Gasteiger partial charge < -0.3 is 5.21 Å². The zero-order valence-corrected chi connectivity index (χ0v) is 8.51. The summed E-state index contributed by atoms with van der Waals surface area (Å²) < 4.78 is 0. The van der Waals surface area contributed by atoms with E-state index < -0.39 is 0 Å². The van der Waals surface area contributed by atoms with Crippen molar-refractivity contribution in [2.75, 3.05) is 0 Å². The number of para-hydroxylation sites is 1. The molecule has 0 saturated heterocycles. The molecule has 2 aromatic rings. The molecule has 0 radical (unpaired) electrons. The Hall–Kier alpha value is -1.90. The van der Waals surface area contributed by atoms with Crippen molar-refractivity contribution < 1.29 is 5.21 Å². The third-order valence-electron chi connectivity index (χ3n) is 2.35. The van der Waals surface area contributed by atoms with Gasteiger partial charge in [-0.25, -0.2) is 4.98 Å². The van der Waals surface area contributed by atoms with Gasteiger partial charge in [0.05, 0.1) is 11.2 Å². The highest BCUT2D eigenvalue weighted by Crippen LogP contribution is 2.12. The molecule has 1 heterocycles. The van der Waals surface area contributed by atoms with Gasteiger partial charge in [0, 0.05) is 5.39 Å². The van der Waals surface area contributed by atoms with E-state index >= 15 is 0 Å². The number of nitrogens with zero attached hydrogens (tertiary/aromatic N) is 2. The Morgan fingerprint density at radius 3 is 2.80 bits per heavy atom. The van der Waals surface area contributed by atoms with E-state index in [2.05, 4.69) is 10.1 Å². The van der Waals surface area contributed by atoms with E-state index in [0.29, 0.717) is 12.1 Å². The molecule has 0 saturated carbocycles. The number of hydrogen-bond donors (Lipinski definition) is 1. The Balaban J connectivity index is 2.56. The van der Waals surface area contributed by atoms with E-state index in [1.165, 1.54) is 0 Å². The second-order valence-electron chi connectivity index (χ2n) is 3.29. The molecule has 3 heteroatoms. The second-order valence-corrected chi connectivity index (χ2v) is 3.29. The van der Waals surface area contributed by atoms with Crippen LogP contribution >= 0.6 is 0 Å². The van der Waals surface area contributed by atoms with Crippen LogP contribution in [0.4, 0.5) is 0 Å². The molecular formula is C12H12N2O. The molecule has 3 nitrogen and oxygen atoms in total. The number of oxime groups is 1. The first-order valence-corrected chi connectivity index (χ1v) is 4.92. The Labute approximate surface area is 88.1 Å². The van der Waals surface area contributed by atoms with Crippen molar-refractivity contribution in [2.24, 2.45) is 5.16 Å². The molecule has 1 aromatic carbocycles. The molecule has 1 N–H and O–H groups in total. The van der Waals surface area contributed by atoms with Crippen molar-refractivity contribution in [2.45, 2.75) is 13.3 Å². The van der Waals surface area contributed by atoms with Crippen LogP contribution in [0.3, 0.4) is 0 Å². The lowest BCUT2D eigenvalue weighted by Gasteiger charge is -2.02. The molecular weight excluding hydrogens is 188 g/mol. The van der Waals surface area contributed by atoms with Crippen molar-refractivity contribution in [3.63, 3.8) is 0 Å². The minimum absolute atomic E-state index is 0.612. The van der Waals surface area contributed by atoms with E-state index in [-0.39, 0.29) is 0 Å². The topological polar surface area (TPSA) is 45.5 Å². The van der Waals surface area contributed by atoms with Gasteiger partial charge in [0.25, 0.3) is 0 Å². The number of rotatable bonds is 2. The van der Waals surface area contributed by atoms with Crippen LogP contribution in [-0.4, -0.2) is 15.9 Å². The van der Waals surface area contributed by atoms with Gasteiger partial charge in [-0.05, 0) is 18.6 Å². The average molecular weight is 200 g/mol. The Morgan fingerprint density at radius 2 is 2.07 bits per heavy atom. The molecule has 76 valence electrons. The number of benzene rings is 1. The lowest BCUT2D eigenvalue weighted by atomic mass is 10.1. The molecule has 0 aliphatic rings. The van der Waals surface area contributed by atoms with Crippen molar-refractivity contribution in [3.05, 3.63) is 42.1 Å². The van der Waals surface area contributed by atoms with Gasteiger partial charge in [0.1, 0.15) is 5.71 Å². The first kappa shape index (κ1) is 9.65. The molecule has 0 amide bonds. The van der Waals surface area contributed by atoms with Gasteiger partial charge in [-0.2, -0.15) is 0 Å². The third-order valence-corrected chi connectivity index (χ3v) is 2.35. The fraction of sp³-hybridized carbons (Fsp3) is 0.167. The predicted octanol–water partition coefficient (Wildman–Crippen LogP) is 2.82. The summed E-state index contributed by atoms with van der Waals surface area (Å²) in [7, 11) is 0. The highest BCUT2D eigenvalue weighted by molar-refractivity contribution is 5.99. The summed E-state index contributed by atoms with van der Waals surface area (Å²) in [5.74, 6) is 0. The maximum atomic E-state index is 8.80. The lowest BCUT2D eigenvalue weighted by molar-refractivity contribution is 0.318. The van der Waals surface area contributed by atoms with Gasteiger partial charge in [-0.3, -0.25) is 0 Å². The summed E-state index contributed by atoms with van der Waals surface area (Å²) in [4.78, 5) is 4.43. The number of pyridine rings is 1. The zero-order chi connectivity index (χ0) is 10.7. The van der Waals surface area contributed by atoms with E-state index in [1.54, 1.807) is 0 Å². The van der Waals surface area contributed by atoms with Crippen LogP contribution in [0, 0.1) is 0 Å². The Morgan fingerprint density at radius 1 is 1.27 bits per heavy atom. The minimum Gasteiger partial charge on any atom is -0.411 e. The van der Waals surface area contributed by atoms with E-state index in [9.17, 15) is 0 Å². The number of aromatic nitrogens is 1. The standard InChI is InChI=1S/C12H12N2O/c1-2-10(14-15)12-8-7-9-5-3-4-6-11(9)13-12/h3-8,15H,2H2,1H3/b14-10-. The summed E-state index contributed by atoms with van der Waals surface area (Å²) in [6.07, 6.45) is 0.668. The van der Waals surface area contributed by atoms with E-state index in [4.69, 9.17) is 5.21 Å². The molecule has 1 aromatic heterocycles. The highest BCUT2D eigenvalue weighted by atomic mass is 16.4. The van der Waals surface area contributed by atoms with Crippen LogP contribution in [0.5, 0.6) is 0 Å². The molecule has 0 fully saturated rings. The van der Waals surface area contributed by atoms with Crippen molar-refractivity contribution in [3.8, 4) is 0 Å². The largest absolute Gasteiger partial charge is 0.411 e. The second kappa shape index (κ2) is 4.09. The van der Waals surface area contributed by atoms with E-state index in [1.807, 2.05) is 43.3 Å². The maximum Gasteiger partial charge on any atom is 0.105 e. The minimum atomic E-state index is 0.612. The average Bonchev–Trinajstić information content (AvgIpc) is 2.30. The summed E-state index contributed by atoms with van der Waals surface area (Å²) in [5.41, 5.74) is 2.27. The highest BCUT2D eigenvalue weighted by Gasteiger charge is 2.03. The summed E-state index contributed by atoms with van der Waals surface area (Å²) in [6.45, 7) is 1.94. The van der Waals surface area contributed by atoms with Crippen LogP contribution < -0.4 is 0 Å². The molecule has 15 heavy (non-hydrogen) atoms. The molecule has 0 spiro atoms. The number of hydrogen-bond acceptors (Lipinski definition) is 3. The van der Waals surface area contributed by atoms with Gasteiger partial charge in [0.2, 0.25) is 0 Å². The van der Waals surface area contributed by atoms with Crippen molar-refractivity contribution in [1.82, 2.24) is 4.98 Å². The lowest BCUT2D eigenvalue weighted by Crippen LogP contribution is -2.01. The van der Waals surface area contributed by atoms with Crippen LogP contribution in [-0.2, 0) is 0 Å². The molecule has 0 unspecified atom stereocenters. The fourth-order valence-corrected chi connectivity index (χ4v) is 1.53. The van der Waals surface area contributed by atoms with Gasteiger partial charge in [0.15, 0.2) is 0 Å². The Kier molecular flexibility index (Phi) is 2.63. The zero-order valence-electron chi connectivity index (χ0n) is 8.51. The monoisotopic (exact) mass is 200 g/mol. The van der Waals surface area contributed by atoms with E-state index in [0.717, 1.165) is 16.6 Å². The maximum absolute atomic E-state index is 8.80. The summed E-state index contributed by atoms with van der Waals surface area (Å²) in [5, 5.41) is 13.1. The summed E-state index contributed by atoms with van der Waals surface area (Å²) >= 11 is 0. The van der Waals surface area contributed by atoms with Crippen LogP contribution in [0.2, 0.25) is 0 Å². The van der Waals surface area contributed by atoms with Crippen molar-refractivity contribution in [1.29, 1.82) is 0 Å². The normalized spacial score (nSPS) is 11.9. The third kappa shape index (κ3) is 1.81. The van der Waals surface area contributed by atoms with Gasteiger partial charge in [-0.15, -0.1) is 0 Å². The predicted molar refractivity (Wildman–Crippen MR) is 60.4 cm³/mol. The van der Waals surface area contributed by atoms with Crippen LogP contribution in [0.25, 0.3) is 10.9 Å². The molecule has 0 atom stereocenters. The quantitative estimate of drug-likeness (QED) is 0.460. The van der Waals surface area contributed by atoms with Gasteiger partial charge >= 0.3 is 0 Å². The van der Waals surface area contributed by atoms with Gasteiger partial charge in [-0.1, -0.05) is 36.3 Å². The summed E-state index contributed by atoms with van der Waals surface area (Å²) in [6, 6.07) is 11.7. The SMILES string of the molecule is CC/C(=N/O)c1ccc2ccccc2n1. The number of fused-ring (bicyclic) bond motifs is 1. The molecule has 0 bridgehead atoms. The Bertz CT molecular complexity index is 506. The van der Waals surface area contributed by atoms with Crippen LogP contribution in [0.1, 0.15) is 19.0 Å². The first-order chi connectivity index (χ1) is 7.35. The molecule has 0 aliphatic carbocycles. The fourth-order valence-electron chi connectivity index (χ4n) is 1.53. The molecule has 2 rings (SSSR count). The molecule has 0 aliphatic heterocycles.